The van der Waals surface area contributed by atoms with E-state index in [4.69, 9.17) is 18.0 Å². The monoisotopic (exact) mass is 286 g/mol. The molecule has 20 heavy (non-hydrogen) atoms. The number of rotatable bonds is 2. The number of imidazole rings is 1. The van der Waals surface area contributed by atoms with E-state index >= 15 is 0 Å². The number of hydrogen-bond donors (Lipinski definition) is 0. The van der Waals surface area contributed by atoms with Crippen molar-refractivity contribution >= 4 is 22.8 Å². The van der Waals surface area contributed by atoms with Crippen molar-refractivity contribution in [3.8, 4) is 23.7 Å². The molecule has 0 amide bonds. The zero-order chi connectivity index (χ0) is 14.1. The van der Waals surface area contributed by atoms with Crippen LogP contribution in [0, 0.1) is 18.2 Å². The molecule has 3 aromatic rings. The number of nitrogens with zero attached hydrogens (tertiary/aromatic N) is 4. The summed E-state index contributed by atoms with van der Waals surface area (Å²) in [6.07, 6.45) is 6.72. The average Bonchev–Trinajstić information content (AvgIpc) is 2.80. The first-order chi connectivity index (χ1) is 9.70. The van der Waals surface area contributed by atoms with Crippen molar-refractivity contribution in [1.82, 2.24) is 19.5 Å². The fraction of sp³-hybridized carbons (Fsp3) is 0.0714. The summed E-state index contributed by atoms with van der Waals surface area (Å²) in [6.45, 7) is 0.260. The van der Waals surface area contributed by atoms with E-state index in [2.05, 4.69) is 20.9 Å². The molecule has 2 heterocycles. The molecule has 0 atom stereocenters. The molecule has 0 unspecified atom stereocenters. The maximum absolute atomic E-state index is 13.4. The minimum Gasteiger partial charge on any atom is -0.297 e. The zero-order valence-corrected chi connectivity index (χ0v) is 11.0. The number of halogens is 2. The third-order valence-electron chi connectivity index (χ3n) is 2.82. The summed E-state index contributed by atoms with van der Waals surface area (Å²) in [5, 5.41) is 0.239. The Morgan fingerprint density at radius 2 is 2.20 bits per heavy atom. The Balaban J connectivity index is 2.32. The lowest BCUT2D eigenvalue weighted by atomic mass is 10.2. The predicted octanol–water partition coefficient (Wildman–Crippen LogP) is 2.92. The normalized spacial score (nSPS) is 10.7. The van der Waals surface area contributed by atoms with E-state index < -0.39 is 0 Å². The minimum absolute atomic E-state index is 0.239. The number of terminal acetylenes is 1. The Labute approximate surface area is 119 Å². The Morgan fingerprint density at radius 3 is 2.95 bits per heavy atom. The van der Waals surface area contributed by atoms with Gasteiger partial charge in [-0.25, -0.2) is 19.3 Å². The second kappa shape index (κ2) is 4.91. The third kappa shape index (κ3) is 2.00. The van der Waals surface area contributed by atoms with E-state index in [1.807, 2.05) is 0 Å². The summed E-state index contributed by atoms with van der Waals surface area (Å²) in [6, 6.07) is 6.11. The second-order valence-electron chi connectivity index (χ2n) is 4.07. The number of aromatic nitrogens is 4. The van der Waals surface area contributed by atoms with E-state index in [9.17, 15) is 4.39 Å². The Kier molecular flexibility index (Phi) is 3.09. The van der Waals surface area contributed by atoms with Gasteiger partial charge in [-0.05, 0) is 12.1 Å². The minimum atomic E-state index is -0.348. The summed E-state index contributed by atoms with van der Waals surface area (Å²) < 4.78 is 15.1. The molecule has 0 aliphatic carbocycles. The number of benzene rings is 1. The van der Waals surface area contributed by atoms with Crippen LogP contribution in [0.2, 0.25) is 5.15 Å². The van der Waals surface area contributed by atoms with Crippen LogP contribution < -0.4 is 0 Å². The van der Waals surface area contributed by atoms with Gasteiger partial charge in [0.25, 0.3) is 0 Å². The molecule has 0 N–H and O–H groups in total. The molecule has 0 aliphatic rings. The van der Waals surface area contributed by atoms with Crippen LogP contribution in [-0.4, -0.2) is 19.5 Å². The zero-order valence-electron chi connectivity index (χ0n) is 10.2. The molecule has 3 rings (SSSR count). The Morgan fingerprint density at radius 1 is 1.35 bits per heavy atom. The van der Waals surface area contributed by atoms with Gasteiger partial charge < -0.3 is 0 Å². The Bertz CT molecular complexity index is 835. The van der Waals surface area contributed by atoms with Gasteiger partial charge >= 0.3 is 0 Å². The van der Waals surface area contributed by atoms with Crippen LogP contribution in [0.15, 0.2) is 30.6 Å². The van der Waals surface area contributed by atoms with Gasteiger partial charge in [-0.2, -0.15) is 0 Å². The molecule has 2 aromatic heterocycles. The van der Waals surface area contributed by atoms with Gasteiger partial charge in [0.2, 0.25) is 0 Å². The fourth-order valence-corrected chi connectivity index (χ4v) is 2.17. The van der Waals surface area contributed by atoms with Gasteiger partial charge in [0.05, 0.1) is 6.54 Å². The largest absolute Gasteiger partial charge is 0.297 e. The number of hydrogen-bond acceptors (Lipinski definition) is 3. The van der Waals surface area contributed by atoms with Gasteiger partial charge in [-0.1, -0.05) is 29.7 Å². The molecule has 0 radical (unpaired) electrons. The van der Waals surface area contributed by atoms with Crippen LogP contribution in [0.1, 0.15) is 0 Å². The number of fused-ring (bicyclic) bond motifs is 1. The lowest BCUT2D eigenvalue weighted by Gasteiger charge is -2.04. The highest BCUT2D eigenvalue weighted by Gasteiger charge is 2.16. The maximum Gasteiger partial charge on any atom is 0.166 e. The lowest BCUT2D eigenvalue weighted by molar-refractivity contribution is 0.628. The van der Waals surface area contributed by atoms with Crippen molar-refractivity contribution in [2.24, 2.45) is 0 Å². The van der Waals surface area contributed by atoms with Crippen molar-refractivity contribution in [2.45, 2.75) is 6.54 Å². The summed E-state index contributed by atoms with van der Waals surface area (Å²) in [5.41, 5.74) is 1.58. The van der Waals surface area contributed by atoms with Crippen molar-refractivity contribution in [3.05, 3.63) is 41.6 Å². The van der Waals surface area contributed by atoms with Crippen LogP contribution in [0.4, 0.5) is 4.39 Å². The van der Waals surface area contributed by atoms with Gasteiger partial charge in [0, 0.05) is 5.56 Å². The van der Waals surface area contributed by atoms with Crippen LogP contribution >= 0.6 is 11.6 Å². The molecule has 0 spiro atoms. The first-order valence-corrected chi connectivity index (χ1v) is 6.14. The summed E-state index contributed by atoms with van der Waals surface area (Å²) in [4.78, 5) is 12.4. The maximum atomic E-state index is 13.4. The summed E-state index contributed by atoms with van der Waals surface area (Å²) >= 11 is 6.01. The highest BCUT2D eigenvalue weighted by molar-refractivity contribution is 6.33. The van der Waals surface area contributed by atoms with E-state index in [-0.39, 0.29) is 17.5 Å². The molecule has 4 nitrogen and oxygen atoms in total. The average molecular weight is 287 g/mol. The van der Waals surface area contributed by atoms with Gasteiger partial charge in [-0.15, -0.1) is 6.42 Å². The van der Waals surface area contributed by atoms with Crippen LogP contribution in [0.5, 0.6) is 0 Å². The van der Waals surface area contributed by atoms with Crippen LogP contribution in [-0.2, 0) is 6.54 Å². The van der Waals surface area contributed by atoms with Crippen molar-refractivity contribution in [3.63, 3.8) is 0 Å². The smallest absolute Gasteiger partial charge is 0.166 e. The molecule has 0 saturated carbocycles. The fourth-order valence-electron chi connectivity index (χ4n) is 2.00. The highest BCUT2D eigenvalue weighted by atomic mass is 35.5. The molecular weight excluding hydrogens is 279 g/mol. The molecule has 6 heteroatoms. The van der Waals surface area contributed by atoms with Crippen molar-refractivity contribution < 1.29 is 4.39 Å². The van der Waals surface area contributed by atoms with Crippen LogP contribution in [0.25, 0.3) is 22.6 Å². The quantitative estimate of drug-likeness (QED) is 0.537. The molecule has 98 valence electrons. The summed E-state index contributed by atoms with van der Waals surface area (Å²) in [5.74, 6) is 2.70. The predicted molar refractivity (Wildman–Crippen MR) is 74.6 cm³/mol. The summed E-state index contributed by atoms with van der Waals surface area (Å²) in [7, 11) is 0. The van der Waals surface area contributed by atoms with Gasteiger partial charge in [0.15, 0.2) is 10.8 Å². The molecule has 0 bridgehead atoms. The molecule has 0 aliphatic heterocycles. The van der Waals surface area contributed by atoms with E-state index in [0.29, 0.717) is 22.6 Å². The lowest BCUT2D eigenvalue weighted by Crippen LogP contribution is -2.00. The highest BCUT2D eigenvalue weighted by Crippen LogP contribution is 2.26. The molecule has 0 fully saturated rings. The van der Waals surface area contributed by atoms with Crippen LogP contribution in [0.3, 0.4) is 0 Å². The second-order valence-corrected chi connectivity index (χ2v) is 4.43. The molecule has 0 saturated heterocycles. The van der Waals surface area contributed by atoms with Crippen molar-refractivity contribution in [2.75, 3.05) is 0 Å². The van der Waals surface area contributed by atoms with Crippen molar-refractivity contribution in [1.29, 1.82) is 0 Å². The van der Waals surface area contributed by atoms with E-state index in [0.717, 1.165) is 0 Å². The van der Waals surface area contributed by atoms with Gasteiger partial charge in [-0.3, -0.25) is 4.57 Å². The van der Waals surface area contributed by atoms with Gasteiger partial charge in [0.1, 0.15) is 23.5 Å². The first-order valence-electron chi connectivity index (χ1n) is 5.77. The first kappa shape index (κ1) is 12.6. The van der Waals surface area contributed by atoms with E-state index in [1.165, 1.54) is 18.5 Å². The molecule has 1 aromatic carbocycles. The standard InChI is InChI=1S/C14H8ClFN4/c1-2-6-20-13(9-4-3-5-10(16)7-9)19-11-12(15)17-8-18-14(11)20/h1,3-5,7-8H,6H2. The molecular formula is C14H8ClFN4. The topological polar surface area (TPSA) is 43.6 Å². The Hall–Kier alpha value is -2.45. The SMILES string of the molecule is C#CCn1c(-c2cccc(F)c2)nc2c(Cl)ncnc21. The van der Waals surface area contributed by atoms with E-state index in [1.54, 1.807) is 16.7 Å². The third-order valence-corrected chi connectivity index (χ3v) is 3.10.